The summed E-state index contributed by atoms with van der Waals surface area (Å²) in [4.78, 5) is 14.0. The van der Waals surface area contributed by atoms with Gasteiger partial charge >= 0.3 is 0 Å². The van der Waals surface area contributed by atoms with Crippen molar-refractivity contribution < 1.29 is 23.1 Å². The number of hydrogen-bond donors (Lipinski definition) is 2. The van der Waals surface area contributed by atoms with Gasteiger partial charge in [-0.25, -0.2) is 13.1 Å². The van der Waals surface area contributed by atoms with Crippen LogP contribution in [-0.2, 0) is 14.8 Å². The molecule has 1 aromatic rings. The fourth-order valence-corrected chi connectivity index (χ4v) is 3.62. The van der Waals surface area contributed by atoms with E-state index in [0.717, 1.165) is 0 Å². The number of nitrogens with one attached hydrogen (secondary N) is 1. The summed E-state index contributed by atoms with van der Waals surface area (Å²) in [5.74, 6) is -0.369. The van der Waals surface area contributed by atoms with Gasteiger partial charge in [0.05, 0.1) is 24.6 Å². The number of sulfonamides is 1. The summed E-state index contributed by atoms with van der Waals surface area (Å²) in [6.45, 7) is 2.42. The van der Waals surface area contributed by atoms with E-state index in [2.05, 4.69) is 4.72 Å². The van der Waals surface area contributed by atoms with Crippen molar-refractivity contribution in [1.82, 2.24) is 9.62 Å². The van der Waals surface area contributed by atoms with Crippen molar-refractivity contribution in [3.05, 3.63) is 35.9 Å². The monoisotopic (exact) mass is 342 g/mol. The second-order valence-corrected chi connectivity index (χ2v) is 7.44. The van der Waals surface area contributed by atoms with Crippen LogP contribution in [0.4, 0.5) is 0 Å². The molecule has 128 valence electrons. The van der Waals surface area contributed by atoms with Gasteiger partial charge in [-0.15, -0.1) is 0 Å². The Morgan fingerprint density at radius 1 is 1.43 bits per heavy atom. The average molecular weight is 342 g/mol. The Morgan fingerprint density at radius 3 is 2.78 bits per heavy atom. The van der Waals surface area contributed by atoms with Crippen molar-refractivity contribution in [2.24, 2.45) is 0 Å². The zero-order chi connectivity index (χ0) is 16.9. The number of carbonyl (C=O) groups is 1. The minimum absolute atomic E-state index is 0.0400. The molecule has 7 nitrogen and oxygen atoms in total. The first-order valence-electron chi connectivity index (χ1n) is 7.49. The first-order chi connectivity index (χ1) is 10.9. The molecule has 8 heteroatoms. The van der Waals surface area contributed by atoms with Gasteiger partial charge in [0.1, 0.15) is 0 Å². The van der Waals surface area contributed by atoms with Crippen LogP contribution >= 0.6 is 0 Å². The molecular formula is C15H22N2O5S. The number of carbonyl (C=O) groups excluding carboxylic acids is 1. The number of ether oxygens (including phenoxy) is 1. The standard InChI is InChI=1S/C15H22N2O5S/c1-12(18)9-16-23(20,21)11-14-10-17(7-8-22-14)15(19)13-5-3-2-4-6-13/h2-6,12,14,16,18H,7-11H2,1H3/t12-,14+/m1/s1. The van der Waals surface area contributed by atoms with Gasteiger partial charge in [-0.3, -0.25) is 4.79 Å². The number of benzene rings is 1. The maximum absolute atomic E-state index is 12.4. The fraction of sp³-hybridized carbons (Fsp3) is 0.533. The Labute approximate surface area is 136 Å². The number of aliphatic hydroxyl groups excluding tert-OH is 1. The Hall–Kier alpha value is -1.48. The second-order valence-electron chi connectivity index (χ2n) is 5.59. The number of morpholine rings is 1. The van der Waals surface area contributed by atoms with Crippen molar-refractivity contribution in [2.75, 3.05) is 32.0 Å². The third-order valence-electron chi connectivity index (χ3n) is 3.45. The summed E-state index contributed by atoms with van der Waals surface area (Å²) in [5, 5.41) is 9.15. The lowest BCUT2D eigenvalue weighted by Gasteiger charge is -2.33. The largest absolute Gasteiger partial charge is 0.392 e. The quantitative estimate of drug-likeness (QED) is 0.748. The van der Waals surface area contributed by atoms with Gasteiger partial charge < -0.3 is 14.7 Å². The molecule has 0 spiro atoms. The van der Waals surface area contributed by atoms with Gasteiger partial charge in [0.25, 0.3) is 5.91 Å². The van der Waals surface area contributed by atoms with E-state index in [1.54, 1.807) is 29.2 Å². The van der Waals surface area contributed by atoms with E-state index in [4.69, 9.17) is 9.84 Å². The molecule has 1 amide bonds. The molecule has 1 aliphatic rings. The van der Waals surface area contributed by atoms with Crippen molar-refractivity contribution in [1.29, 1.82) is 0 Å². The van der Waals surface area contributed by atoms with Crippen molar-refractivity contribution in [3.8, 4) is 0 Å². The Morgan fingerprint density at radius 2 is 2.13 bits per heavy atom. The van der Waals surface area contributed by atoms with E-state index in [9.17, 15) is 13.2 Å². The molecular weight excluding hydrogens is 320 g/mol. The zero-order valence-electron chi connectivity index (χ0n) is 13.0. The molecule has 0 saturated carbocycles. The predicted molar refractivity (Wildman–Crippen MR) is 85.6 cm³/mol. The molecule has 1 aromatic carbocycles. The lowest BCUT2D eigenvalue weighted by Crippen LogP contribution is -2.49. The van der Waals surface area contributed by atoms with Gasteiger partial charge in [-0.2, -0.15) is 0 Å². The Bertz CT molecular complexity index is 618. The molecule has 1 saturated heterocycles. The van der Waals surface area contributed by atoms with Crippen LogP contribution in [0, 0.1) is 0 Å². The molecule has 2 N–H and O–H groups in total. The maximum Gasteiger partial charge on any atom is 0.254 e. The summed E-state index contributed by atoms with van der Waals surface area (Å²) in [7, 11) is -3.56. The normalized spacial score (nSPS) is 20.3. The van der Waals surface area contributed by atoms with Crippen LogP contribution in [0.1, 0.15) is 17.3 Å². The molecule has 1 heterocycles. The van der Waals surface area contributed by atoms with Crippen LogP contribution in [0.25, 0.3) is 0 Å². The SMILES string of the molecule is C[C@@H](O)CNS(=O)(=O)C[C@@H]1CN(C(=O)c2ccccc2)CCO1. The highest BCUT2D eigenvalue weighted by atomic mass is 32.2. The maximum atomic E-state index is 12.4. The second kappa shape index (κ2) is 7.87. The van der Waals surface area contributed by atoms with Crippen LogP contribution in [0.2, 0.25) is 0 Å². The van der Waals surface area contributed by atoms with Gasteiger partial charge in [0.2, 0.25) is 10.0 Å². The number of rotatable bonds is 6. The smallest absolute Gasteiger partial charge is 0.254 e. The van der Waals surface area contributed by atoms with E-state index < -0.39 is 22.2 Å². The molecule has 0 aliphatic carbocycles. The van der Waals surface area contributed by atoms with E-state index in [-0.39, 0.29) is 24.7 Å². The number of hydrogen-bond acceptors (Lipinski definition) is 5. The van der Waals surface area contributed by atoms with Gasteiger partial charge in [-0.05, 0) is 19.1 Å². The van der Waals surface area contributed by atoms with Crippen LogP contribution in [0.5, 0.6) is 0 Å². The van der Waals surface area contributed by atoms with Crippen molar-refractivity contribution in [2.45, 2.75) is 19.1 Å². The molecule has 23 heavy (non-hydrogen) atoms. The summed E-state index contributed by atoms with van der Waals surface area (Å²) in [5.41, 5.74) is 0.572. The summed E-state index contributed by atoms with van der Waals surface area (Å²) >= 11 is 0. The van der Waals surface area contributed by atoms with Crippen molar-refractivity contribution in [3.63, 3.8) is 0 Å². The Balaban J connectivity index is 1.94. The number of amides is 1. The van der Waals surface area contributed by atoms with E-state index in [1.807, 2.05) is 6.07 Å². The van der Waals surface area contributed by atoms with E-state index in [0.29, 0.717) is 18.7 Å². The molecule has 1 fully saturated rings. The van der Waals surface area contributed by atoms with Crippen LogP contribution < -0.4 is 4.72 Å². The highest BCUT2D eigenvalue weighted by Crippen LogP contribution is 2.12. The van der Waals surface area contributed by atoms with Crippen LogP contribution in [0.15, 0.2) is 30.3 Å². The lowest BCUT2D eigenvalue weighted by molar-refractivity contribution is -0.0110. The fourth-order valence-electron chi connectivity index (χ4n) is 2.32. The summed E-state index contributed by atoms with van der Waals surface area (Å²) in [6, 6.07) is 8.87. The van der Waals surface area contributed by atoms with Gasteiger partial charge in [0.15, 0.2) is 0 Å². The Kier molecular flexibility index (Phi) is 6.11. The highest BCUT2D eigenvalue weighted by Gasteiger charge is 2.28. The van der Waals surface area contributed by atoms with E-state index in [1.165, 1.54) is 6.92 Å². The van der Waals surface area contributed by atoms with Crippen LogP contribution in [-0.4, -0.2) is 68.5 Å². The summed E-state index contributed by atoms with van der Waals surface area (Å²) in [6.07, 6.45) is -1.34. The van der Waals surface area contributed by atoms with E-state index >= 15 is 0 Å². The third kappa shape index (κ3) is 5.58. The molecule has 2 rings (SSSR count). The molecule has 0 aromatic heterocycles. The van der Waals surface area contributed by atoms with Crippen molar-refractivity contribution >= 4 is 15.9 Å². The first-order valence-corrected chi connectivity index (χ1v) is 9.14. The lowest BCUT2D eigenvalue weighted by atomic mass is 10.2. The van der Waals surface area contributed by atoms with Gasteiger partial charge in [0, 0.05) is 25.2 Å². The zero-order valence-corrected chi connectivity index (χ0v) is 13.8. The minimum atomic E-state index is -3.56. The molecule has 2 atom stereocenters. The topological polar surface area (TPSA) is 95.9 Å². The first kappa shape index (κ1) is 17.9. The average Bonchev–Trinajstić information content (AvgIpc) is 2.53. The number of aliphatic hydroxyl groups is 1. The van der Waals surface area contributed by atoms with Gasteiger partial charge in [-0.1, -0.05) is 18.2 Å². The summed E-state index contributed by atoms with van der Waals surface area (Å²) < 4.78 is 31.7. The molecule has 1 aliphatic heterocycles. The molecule has 0 bridgehead atoms. The molecule has 0 unspecified atom stereocenters. The van der Waals surface area contributed by atoms with Crippen LogP contribution in [0.3, 0.4) is 0 Å². The minimum Gasteiger partial charge on any atom is -0.392 e. The predicted octanol–water partition coefficient (Wildman–Crippen LogP) is -0.172. The highest BCUT2D eigenvalue weighted by molar-refractivity contribution is 7.89. The molecule has 0 radical (unpaired) electrons. The third-order valence-corrected chi connectivity index (χ3v) is 4.87. The number of nitrogens with zero attached hydrogens (tertiary/aromatic N) is 1.